The number of halogens is 7. The highest BCUT2D eigenvalue weighted by Crippen LogP contribution is 2.39. The van der Waals surface area contributed by atoms with Gasteiger partial charge < -0.3 is 4.18 Å². The number of hydrogen-bond acceptors (Lipinski definition) is 3. The maximum absolute atomic E-state index is 13.1. The zero-order chi connectivity index (χ0) is 15.2. The molecule has 0 atom stereocenters. The first-order chi connectivity index (χ1) is 8.36. The van der Waals surface area contributed by atoms with Crippen molar-refractivity contribution in [3.63, 3.8) is 0 Å². The van der Waals surface area contributed by atoms with E-state index in [4.69, 9.17) is 0 Å². The molecule has 0 N–H and O–H groups in total. The first kappa shape index (κ1) is 15.5. The van der Waals surface area contributed by atoms with Gasteiger partial charge in [-0.05, 0) is 0 Å². The molecule has 0 spiro atoms. The third-order valence-electron chi connectivity index (χ3n) is 1.74. The van der Waals surface area contributed by atoms with Crippen molar-refractivity contribution in [2.24, 2.45) is 0 Å². The third-order valence-corrected chi connectivity index (χ3v) is 2.21. The quantitative estimate of drug-likeness (QED) is 0.479. The molecule has 0 fully saturated rings. The Labute approximate surface area is 101 Å². The number of alkyl halides is 3. The summed E-state index contributed by atoms with van der Waals surface area (Å²) >= 11 is 0. The number of rotatable bonds is 2. The van der Waals surface area contributed by atoms with Gasteiger partial charge in [-0.15, -0.1) is 0 Å². The van der Waals surface area contributed by atoms with Crippen molar-refractivity contribution < 1.29 is 43.3 Å². The maximum atomic E-state index is 13.1. The maximum Gasteiger partial charge on any atom is 0.422 e. The summed E-state index contributed by atoms with van der Waals surface area (Å²) in [5, 5.41) is 0. The predicted molar refractivity (Wildman–Crippen MR) is 46.7 cm³/mol. The molecule has 0 saturated carbocycles. The average molecular weight is 312 g/mol. The lowest BCUT2D eigenvalue weighted by Crippen LogP contribution is -2.17. The van der Waals surface area contributed by atoms with Gasteiger partial charge in [-0.1, -0.05) is 0 Å². The van der Waals surface area contributed by atoms with E-state index in [-0.39, 0.29) is 6.26 Å². The fourth-order valence-electron chi connectivity index (χ4n) is 1.08. The smallest absolute Gasteiger partial charge is 0.376 e. The van der Waals surface area contributed by atoms with Crippen LogP contribution in [0, 0.1) is 23.3 Å². The lowest BCUT2D eigenvalue weighted by atomic mass is 10.1. The molecule has 108 valence electrons. The summed E-state index contributed by atoms with van der Waals surface area (Å²) in [6, 6.07) is 0. The van der Waals surface area contributed by atoms with Crippen molar-refractivity contribution in [1.82, 2.24) is 0 Å². The van der Waals surface area contributed by atoms with Crippen LogP contribution in [0.3, 0.4) is 0 Å². The standard InChI is InChI=1S/C8H3F7O3S/c1-19(16,17)18-7-5(11)3(9)2(8(13,14)15)4(10)6(7)12/h1H3. The normalized spacial score (nSPS) is 12.6. The topological polar surface area (TPSA) is 43.4 Å². The van der Waals surface area contributed by atoms with Crippen LogP contribution in [0.25, 0.3) is 0 Å². The monoisotopic (exact) mass is 312 g/mol. The largest absolute Gasteiger partial charge is 0.422 e. The molecule has 0 heterocycles. The van der Waals surface area contributed by atoms with E-state index in [2.05, 4.69) is 4.18 Å². The van der Waals surface area contributed by atoms with Gasteiger partial charge in [0.1, 0.15) is 5.56 Å². The zero-order valence-electron chi connectivity index (χ0n) is 8.78. The molecular weight excluding hydrogens is 309 g/mol. The highest BCUT2D eigenvalue weighted by atomic mass is 32.2. The molecule has 0 aliphatic carbocycles. The van der Waals surface area contributed by atoms with E-state index in [1.807, 2.05) is 0 Å². The van der Waals surface area contributed by atoms with Crippen LogP contribution in [0.5, 0.6) is 5.75 Å². The van der Waals surface area contributed by atoms with Gasteiger partial charge in [-0.2, -0.15) is 30.4 Å². The Morgan fingerprint density at radius 1 is 0.895 bits per heavy atom. The summed E-state index contributed by atoms with van der Waals surface area (Å²) in [4.78, 5) is 0. The number of benzene rings is 1. The predicted octanol–water partition coefficient (Wildman–Crippen LogP) is 2.60. The molecule has 0 radical (unpaired) electrons. The summed E-state index contributed by atoms with van der Waals surface area (Å²) in [6.45, 7) is 0. The van der Waals surface area contributed by atoms with Crippen LogP contribution in [0.2, 0.25) is 0 Å². The molecule has 1 aromatic rings. The van der Waals surface area contributed by atoms with Crippen LogP contribution in [0.15, 0.2) is 0 Å². The average Bonchev–Trinajstić information content (AvgIpc) is 2.18. The fourth-order valence-corrected chi connectivity index (χ4v) is 1.53. The highest BCUT2D eigenvalue weighted by Gasteiger charge is 2.43. The van der Waals surface area contributed by atoms with Gasteiger partial charge in [0.25, 0.3) is 0 Å². The van der Waals surface area contributed by atoms with Gasteiger partial charge in [-0.3, -0.25) is 0 Å². The highest BCUT2D eigenvalue weighted by molar-refractivity contribution is 7.86. The van der Waals surface area contributed by atoms with Crippen LogP contribution >= 0.6 is 0 Å². The van der Waals surface area contributed by atoms with Gasteiger partial charge in [0.05, 0.1) is 6.26 Å². The zero-order valence-corrected chi connectivity index (χ0v) is 9.60. The Morgan fingerprint density at radius 2 is 1.26 bits per heavy atom. The third kappa shape index (κ3) is 3.08. The summed E-state index contributed by atoms with van der Waals surface area (Å²) in [5.74, 6) is -12.9. The Balaban J connectivity index is 3.67. The molecule has 0 bridgehead atoms. The lowest BCUT2D eigenvalue weighted by Gasteiger charge is -2.13. The van der Waals surface area contributed by atoms with Gasteiger partial charge in [0, 0.05) is 0 Å². The Bertz CT molecular complexity index is 591. The molecule has 1 aromatic carbocycles. The summed E-state index contributed by atoms with van der Waals surface area (Å²) < 4.78 is 113. The molecule has 0 unspecified atom stereocenters. The van der Waals surface area contributed by atoms with E-state index in [1.54, 1.807) is 0 Å². The molecular formula is C8H3F7O3S. The minimum Gasteiger partial charge on any atom is -0.376 e. The number of hydrogen-bond donors (Lipinski definition) is 0. The van der Waals surface area contributed by atoms with E-state index in [1.165, 1.54) is 0 Å². The Morgan fingerprint density at radius 3 is 1.53 bits per heavy atom. The minimum atomic E-state index is -5.71. The van der Waals surface area contributed by atoms with Gasteiger partial charge in [0.2, 0.25) is 17.4 Å². The fraction of sp³-hybridized carbons (Fsp3) is 0.250. The molecule has 11 heteroatoms. The van der Waals surface area contributed by atoms with E-state index >= 15 is 0 Å². The molecule has 1 rings (SSSR count). The van der Waals surface area contributed by atoms with E-state index in [0.717, 1.165) is 0 Å². The molecule has 0 amide bonds. The minimum absolute atomic E-state index is 0.277. The molecule has 3 nitrogen and oxygen atoms in total. The van der Waals surface area contributed by atoms with Gasteiger partial charge in [0.15, 0.2) is 11.6 Å². The SMILES string of the molecule is CS(=O)(=O)Oc1c(F)c(F)c(C(F)(F)F)c(F)c1F. The second-order valence-electron chi connectivity index (χ2n) is 3.25. The van der Waals surface area contributed by atoms with Crippen LogP contribution in [-0.2, 0) is 16.3 Å². The summed E-state index contributed by atoms with van der Waals surface area (Å²) in [6.07, 6.45) is -5.43. The Hall–Kier alpha value is -1.52. The van der Waals surface area contributed by atoms with E-state index in [9.17, 15) is 39.2 Å². The first-order valence-corrected chi connectivity index (χ1v) is 6.00. The summed E-state index contributed by atoms with van der Waals surface area (Å²) in [7, 11) is -4.60. The van der Waals surface area contributed by atoms with Crippen LogP contribution in [0.1, 0.15) is 5.56 Å². The lowest BCUT2D eigenvalue weighted by molar-refractivity contribution is -0.143. The first-order valence-electron chi connectivity index (χ1n) is 4.19. The molecule has 0 aromatic heterocycles. The van der Waals surface area contributed by atoms with Crippen molar-refractivity contribution in [1.29, 1.82) is 0 Å². The van der Waals surface area contributed by atoms with Crippen LogP contribution in [-0.4, -0.2) is 14.7 Å². The second-order valence-corrected chi connectivity index (χ2v) is 4.82. The summed E-state index contributed by atoms with van der Waals surface area (Å²) in [5.41, 5.74) is -2.82. The van der Waals surface area contributed by atoms with Crippen molar-refractivity contribution in [3.8, 4) is 5.75 Å². The van der Waals surface area contributed by atoms with Gasteiger partial charge >= 0.3 is 16.3 Å². The van der Waals surface area contributed by atoms with Crippen molar-refractivity contribution in [2.75, 3.05) is 6.26 Å². The molecule has 0 aliphatic rings. The Kier molecular flexibility index (Phi) is 3.72. The second kappa shape index (κ2) is 4.54. The van der Waals surface area contributed by atoms with E-state index < -0.39 is 50.9 Å². The molecule has 0 aliphatic heterocycles. The van der Waals surface area contributed by atoms with Crippen LogP contribution < -0.4 is 4.18 Å². The van der Waals surface area contributed by atoms with Crippen LogP contribution in [0.4, 0.5) is 30.7 Å². The van der Waals surface area contributed by atoms with Crippen molar-refractivity contribution in [2.45, 2.75) is 6.18 Å². The van der Waals surface area contributed by atoms with Crippen molar-refractivity contribution in [3.05, 3.63) is 28.8 Å². The van der Waals surface area contributed by atoms with Crippen molar-refractivity contribution >= 4 is 10.1 Å². The molecule has 0 saturated heterocycles. The van der Waals surface area contributed by atoms with Gasteiger partial charge in [-0.25, -0.2) is 8.78 Å². The molecule has 19 heavy (non-hydrogen) atoms. The van der Waals surface area contributed by atoms with E-state index in [0.29, 0.717) is 0 Å².